The summed E-state index contributed by atoms with van der Waals surface area (Å²) in [5.41, 5.74) is 6.10. The van der Waals surface area contributed by atoms with Gasteiger partial charge in [0.05, 0.1) is 30.1 Å². The van der Waals surface area contributed by atoms with Gasteiger partial charge in [0.2, 0.25) is 5.60 Å². The monoisotopic (exact) mass is 302 g/mol. The molecule has 4 N–H and O–H groups in total. The van der Waals surface area contributed by atoms with E-state index >= 15 is 0 Å². The van der Waals surface area contributed by atoms with Crippen molar-refractivity contribution < 1.29 is 15.0 Å². The first-order valence-electron chi connectivity index (χ1n) is 6.97. The Kier molecular flexibility index (Phi) is 3.19. The van der Waals surface area contributed by atoms with E-state index in [0.29, 0.717) is 16.9 Å². The number of hydrogen-bond acceptors (Lipinski definition) is 5. The van der Waals surface area contributed by atoms with Crippen molar-refractivity contribution in [1.29, 1.82) is 0 Å². The summed E-state index contributed by atoms with van der Waals surface area (Å²) >= 11 is 0. The van der Waals surface area contributed by atoms with Gasteiger partial charge < -0.3 is 20.8 Å². The molecule has 0 radical (unpaired) electrons. The van der Waals surface area contributed by atoms with Crippen LogP contribution in [0.5, 0.6) is 0 Å². The number of rotatable bonds is 3. The number of amides is 1. The molecule has 116 valence electrons. The third kappa shape index (κ3) is 1.69. The Balaban J connectivity index is 2.26. The smallest absolute Gasteiger partial charge is 0.268 e. The van der Waals surface area contributed by atoms with Gasteiger partial charge in [-0.2, -0.15) is 5.10 Å². The van der Waals surface area contributed by atoms with Gasteiger partial charge in [0.1, 0.15) is 5.82 Å². The second-order valence-corrected chi connectivity index (χ2v) is 5.38. The fourth-order valence-corrected chi connectivity index (χ4v) is 3.09. The number of anilines is 2. The van der Waals surface area contributed by atoms with Crippen LogP contribution in [0.25, 0.3) is 0 Å². The first-order valence-corrected chi connectivity index (χ1v) is 6.97. The molecular formula is C15H18N4O3. The summed E-state index contributed by atoms with van der Waals surface area (Å²) < 4.78 is 1.40. The lowest BCUT2D eigenvalue weighted by Crippen LogP contribution is -2.40. The van der Waals surface area contributed by atoms with Gasteiger partial charge in [-0.25, -0.2) is 4.68 Å². The molecule has 0 aliphatic carbocycles. The molecule has 22 heavy (non-hydrogen) atoms. The highest BCUT2D eigenvalue weighted by atomic mass is 16.3. The maximum atomic E-state index is 12.7. The van der Waals surface area contributed by atoms with Crippen LogP contribution in [-0.2, 0) is 16.9 Å². The number of nitrogen functional groups attached to an aromatic ring is 1. The van der Waals surface area contributed by atoms with Gasteiger partial charge >= 0.3 is 0 Å². The molecule has 7 nitrogen and oxygen atoms in total. The zero-order valence-corrected chi connectivity index (χ0v) is 12.4. The van der Waals surface area contributed by atoms with Gasteiger partial charge in [-0.3, -0.25) is 4.79 Å². The quantitative estimate of drug-likeness (QED) is 0.739. The van der Waals surface area contributed by atoms with Crippen molar-refractivity contribution in [3.05, 3.63) is 41.1 Å². The van der Waals surface area contributed by atoms with Crippen LogP contribution in [0, 0.1) is 6.92 Å². The molecule has 1 aromatic heterocycles. The molecule has 0 bridgehead atoms. The number of para-hydroxylation sites is 1. The van der Waals surface area contributed by atoms with E-state index in [2.05, 4.69) is 5.10 Å². The van der Waals surface area contributed by atoms with Gasteiger partial charge in [-0.1, -0.05) is 18.2 Å². The van der Waals surface area contributed by atoms with Crippen LogP contribution in [0.1, 0.15) is 16.8 Å². The van der Waals surface area contributed by atoms with Crippen LogP contribution in [0.3, 0.4) is 0 Å². The summed E-state index contributed by atoms with van der Waals surface area (Å²) in [5.74, 6) is -0.278. The van der Waals surface area contributed by atoms with Gasteiger partial charge in [-0.15, -0.1) is 0 Å². The Morgan fingerprint density at radius 3 is 2.73 bits per heavy atom. The normalized spacial score (nSPS) is 20.5. The highest BCUT2D eigenvalue weighted by Gasteiger charge is 2.52. The molecule has 2 aromatic rings. The number of carbonyl (C=O) groups is 1. The summed E-state index contributed by atoms with van der Waals surface area (Å²) in [6, 6.07) is 7.05. The van der Waals surface area contributed by atoms with E-state index in [0.717, 1.165) is 0 Å². The number of nitrogens with two attached hydrogens (primary N) is 1. The Morgan fingerprint density at radius 1 is 1.36 bits per heavy atom. The van der Waals surface area contributed by atoms with Crippen molar-refractivity contribution in [1.82, 2.24) is 9.78 Å². The molecule has 1 aliphatic heterocycles. The zero-order chi connectivity index (χ0) is 16.1. The Bertz CT molecular complexity index is 755. The number of aliphatic hydroxyl groups is 2. The van der Waals surface area contributed by atoms with Crippen LogP contribution >= 0.6 is 0 Å². The van der Waals surface area contributed by atoms with E-state index in [1.165, 1.54) is 9.58 Å². The van der Waals surface area contributed by atoms with Gasteiger partial charge in [0, 0.05) is 12.6 Å². The predicted octanol–water partition coefficient (Wildman–Crippen LogP) is -0.0217. The standard InChI is InChI=1S/C15H18N4O3/c1-9-12(13(16)19(17-9)7-8-20)15(22)10-5-3-4-6-11(10)18(2)14(15)21/h3-6,20,22H,7-8,16H2,1-2H3/t15-/m1/s1. The number of likely N-dealkylation sites (N-methyl/N-ethyl adjacent to an activating group) is 1. The minimum Gasteiger partial charge on any atom is -0.394 e. The fourth-order valence-electron chi connectivity index (χ4n) is 3.09. The second kappa shape index (κ2) is 4.82. The van der Waals surface area contributed by atoms with E-state index in [9.17, 15) is 9.90 Å². The number of fused-ring (bicyclic) bond motifs is 1. The largest absolute Gasteiger partial charge is 0.394 e. The average molecular weight is 302 g/mol. The van der Waals surface area contributed by atoms with Gasteiger partial charge in [0.25, 0.3) is 5.91 Å². The van der Waals surface area contributed by atoms with Crippen LogP contribution < -0.4 is 10.6 Å². The van der Waals surface area contributed by atoms with E-state index in [4.69, 9.17) is 10.8 Å². The maximum Gasteiger partial charge on any atom is 0.268 e. The van der Waals surface area contributed by atoms with Crippen molar-refractivity contribution in [2.24, 2.45) is 0 Å². The molecule has 0 spiro atoms. The topological polar surface area (TPSA) is 105 Å². The highest BCUT2D eigenvalue weighted by Crippen LogP contribution is 2.46. The summed E-state index contributed by atoms with van der Waals surface area (Å²) in [4.78, 5) is 14.1. The lowest BCUT2D eigenvalue weighted by molar-refractivity contribution is -0.131. The molecule has 1 atom stereocenters. The molecule has 1 aromatic carbocycles. The lowest BCUT2D eigenvalue weighted by Gasteiger charge is -2.22. The minimum atomic E-state index is -1.85. The van der Waals surface area contributed by atoms with Crippen LogP contribution in [0.2, 0.25) is 0 Å². The fraction of sp³-hybridized carbons (Fsp3) is 0.333. The van der Waals surface area contributed by atoms with Crippen molar-refractivity contribution in [2.45, 2.75) is 19.1 Å². The molecule has 0 saturated carbocycles. The lowest BCUT2D eigenvalue weighted by atomic mass is 9.87. The second-order valence-electron chi connectivity index (χ2n) is 5.38. The third-order valence-electron chi connectivity index (χ3n) is 4.11. The summed E-state index contributed by atoms with van der Waals surface area (Å²) in [5, 5.41) is 24.5. The SMILES string of the molecule is Cc1nn(CCO)c(N)c1[C@@]1(O)C(=O)N(C)c2ccccc21. The predicted molar refractivity (Wildman–Crippen MR) is 81.3 cm³/mol. The van der Waals surface area contributed by atoms with Gasteiger partial charge in [0.15, 0.2) is 0 Å². The molecule has 3 rings (SSSR count). The number of hydrogen-bond donors (Lipinski definition) is 3. The average Bonchev–Trinajstić information content (AvgIpc) is 2.89. The van der Waals surface area contributed by atoms with E-state index < -0.39 is 11.5 Å². The van der Waals surface area contributed by atoms with Crippen molar-refractivity contribution >= 4 is 17.4 Å². The van der Waals surface area contributed by atoms with Crippen LogP contribution in [0.15, 0.2) is 24.3 Å². The Hall–Kier alpha value is -2.38. The highest BCUT2D eigenvalue weighted by molar-refractivity contribution is 6.09. The number of aryl methyl sites for hydroxylation is 1. The van der Waals surface area contributed by atoms with E-state index in [1.54, 1.807) is 38.2 Å². The first kappa shape index (κ1) is 14.6. The van der Waals surface area contributed by atoms with E-state index in [-0.39, 0.29) is 24.5 Å². The van der Waals surface area contributed by atoms with Crippen molar-refractivity contribution in [3.8, 4) is 0 Å². The minimum absolute atomic E-state index is 0.131. The van der Waals surface area contributed by atoms with Gasteiger partial charge in [-0.05, 0) is 13.0 Å². The van der Waals surface area contributed by atoms with Crippen LogP contribution in [0.4, 0.5) is 11.5 Å². The van der Waals surface area contributed by atoms with Crippen LogP contribution in [-0.4, -0.2) is 39.6 Å². The number of benzene rings is 1. The number of nitrogens with zero attached hydrogens (tertiary/aromatic N) is 3. The van der Waals surface area contributed by atoms with Crippen molar-refractivity contribution in [2.75, 3.05) is 24.3 Å². The Morgan fingerprint density at radius 2 is 2.05 bits per heavy atom. The molecule has 0 saturated heterocycles. The molecule has 7 heteroatoms. The number of aromatic nitrogens is 2. The first-order chi connectivity index (χ1) is 10.4. The molecule has 2 heterocycles. The van der Waals surface area contributed by atoms with E-state index in [1.807, 2.05) is 0 Å². The molecule has 1 amide bonds. The molecular weight excluding hydrogens is 284 g/mol. The Labute approximate surface area is 127 Å². The number of carbonyl (C=O) groups excluding carboxylic acids is 1. The summed E-state index contributed by atoms with van der Waals surface area (Å²) in [6.45, 7) is 1.76. The summed E-state index contributed by atoms with van der Waals surface area (Å²) in [6.07, 6.45) is 0. The molecule has 0 unspecified atom stereocenters. The number of aliphatic hydroxyl groups excluding tert-OH is 1. The van der Waals surface area contributed by atoms with Crippen molar-refractivity contribution in [3.63, 3.8) is 0 Å². The molecule has 1 aliphatic rings. The molecule has 0 fully saturated rings. The zero-order valence-electron chi connectivity index (χ0n) is 12.4. The maximum absolute atomic E-state index is 12.7. The summed E-state index contributed by atoms with van der Waals surface area (Å²) in [7, 11) is 1.61. The third-order valence-corrected chi connectivity index (χ3v) is 4.11.